The van der Waals surface area contributed by atoms with Gasteiger partial charge in [0, 0.05) is 46.5 Å². The van der Waals surface area contributed by atoms with Crippen molar-refractivity contribution < 1.29 is 14.3 Å². The summed E-state index contributed by atoms with van der Waals surface area (Å²) >= 11 is 5.98. The van der Waals surface area contributed by atoms with Crippen molar-refractivity contribution in [2.45, 2.75) is 19.8 Å². The van der Waals surface area contributed by atoms with Gasteiger partial charge < -0.3 is 15.0 Å². The van der Waals surface area contributed by atoms with E-state index in [9.17, 15) is 9.59 Å². The fourth-order valence-electron chi connectivity index (χ4n) is 3.78. The Morgan fingerprint density at radius 3 is 2.66 bits per heavy atom. The van der Waals surface area contributed by atoms with Gasteiger partial charge in [-0.05, 0) is 55.0 Å². The number of carbonyl (C=O) groups excluding carboxylic acids is 2. The van der Waals surface area contributed by atoms with Crippen molar-refractivity contribution in [3.05, 3.63) is 82.5 Å². The van der Waals surface area contributed by atoms with Gasteiger partial charge in [-0.25, -0.2) is 4.98 Å². The van der Waals surface area contributed by atoms with Crippen LogP contribution >= 0.6 is 11.6 Å². The zero-order valence-electron chi connectivity index (χ0n) is 17.8. The summed E-state index contributed by atoms with van der Waals surface area (Å²) < 4.78 is 7.02. The van der Waals surface area contributed by atoms with E-state index in [0.29, 0.717) is 29.3 Å². The molecule has 0 fully saturated rings. The molecule has 32 heavy (non-hydrogen) atoms. The number of hydrogen-bond acceptors (Lipinski definition) is 4. The number of nitrogens with zero attached hydrogens (tertiary/aromatic N) is 2. The summed E-state index contributed by atoms with van der Waals surface area (Å²) in [5.74, 6) is 0.364. The lowest BCUT2D eigenvalue weighted by Gasteiger charge is -2.08. The van der Waals surface area contributed by atoms with Crippen LogP contribution in [0, 0.1) is 6.92 Å². The number of nitrogens with one attached hydrogen (secondary N) is 2. The molecule has 7 nitrogen and oxygen atoms in total. The first-order valence-corrected chi connectivity index (χ1v) is 10.6. The molecule has 164 valence electrons. The lowest BCUT2D eigenvalue weighted by Crippen LogP contribution is -2.27. The molecule has 0 aliphatic carbocycles. The van der Waals surface area contributed by atoms with E-state index in [1.807, 2.05) is 25.1 Å². The monoisotopic (exact) mass is 450 g/mol. The topological polar surface area (TPSA) is 89.0 Å². The Hall–Kier alpha value is -3.58. The van der Waals surface area contributed by atoms with Crippen molar-refractivity contribution in [3.8, 4) is 5.75 Å². The molecule has 0 saturated heterocycles. The average Bonchev–Trinajstić information content (AvgIpc) is 3.40. The molecule has 4 aromatic rings. The van der Waals surface area contributed by atoms with Gasteiger partial charge in [0.2, 0.25) is 5.91 Å². The molecule has 4 rings (SSSR count). The Kier molecular flexibility index (Phi) is 6.28. The zero-order chi connectivity index (χ0) is 22.7. The highest BCUT2D eigenvalue weighted by Crippen LogP contribution is 2.30. The van der Waals surface area contributed by atoms with Crippen molar-refractivity contribution in [1.29, 1.82) is 0 Å². The molecular weight excluding hydrogens is 428 g/mol. The lowest BCUT2D eigenvalue weighted by molar-refractivity contribution is -0.120. The molecule has 2 N–H and O–H groups in total. The maximum Gasteiger partial charge on any atom is 0.262 e. The van der Waals surface area contributed by atoms with Gasteiger partial charge in [-0.3, -0.25) is 14.2 Å². The third-order valence-electron chi connectivity index (χ3n) is 5.44. The van der Waals surface area contributed by atoms with E-state index < -0.39 is 0 Å². The predicted molar refractivity (Wildman–Crippen MR) is 123 cm³/mol. The molecule has 0 radical (unpaired) electrons. The molecule has 0 spiro atoms. The summed E-state index contributed by atoms with van der Waals surface area (Å²) in [6, 6.07) is 12.3. The molecule has 0 saturated carbocycles. The smallest absolute Gasteiger partial charge is 0.262 e. The second-order valence-corrected chi connectivity index (χ2v) is 7.88. The third kappa shape index (κ3) is 4.38. The van der Waals surface area contributed by atoms with Crippen LogP contribution in [0.25, 0.3) is 10.9 Å². The number of aromatic amines is 1. The third-order valence-corrected chi connectivity index (χ3v) is 5.70. The Balaban J connectivity index is 1.65. The summed E-state index contributed by atoms with van der Waals surface area (Å²) in [5, 5.41) is 4.32. The molecule has 0 aliphatic rings. The van der Waals surface area contributed by atoms with Crippen LogP contribution in [-0.2, 0) is 17.6 Å². The van der Waals surface area contributed by atoms with E-state index in [4.69, 9.17) is 16.3 Å². The average molecular weight is 451 g/mol. The van der Waals surface area contributed by atoms with Crippen molar-refractivity contribution in [2.75, 3.05) is 13.7 Å². The van der Waals surface area contributed by atoms with Gasteiger partial charge >= 0.3 is 0 Å². The maximum absolute atomic E-state index is 13.3. The molecule has 0 aliphatic heterocycles. The van der Waals surface area contributed by atoms with Crippen molar-refractivity contribution in [1.82, 2.24) is 19.9 Å². The van der Waals surface area contributed by atoms with Crippen molar-refractivity contribution in [2.24, 2.45) is 0 Å². The van der Waals surface area contributed by atoms with Crippen LogP contribution in [0.5, 0.6) is 5.75 Å². The normalized spacial score (nSPS) is 11.0. The predicted octanol–water partition coefficient (Wildman–Crippen LogP) is 3.92. The molecule has 2 aromatic heterocycles. The first kappa shape index (κ1) is 21.6. The molecule has 0 unspecified atom stereocenters. The summed E-state index contributed by atoms with van der Waals surface area (Å²) in [4.78, 5) is 33.0. The number of ether oxygens (including phenoxy) is 1. The van der Waals surface area contributed by atoms with Crippen molar-refractivity contribution in [3.63, 3.8) is 0 Å². The SMILES string of the molecule is COc1ccc2c(c1)c(CC(=O)NCCc1cnc[nH]1)c(C)n2C(=O)c1ccc(Cl)cc1. The van der Waals surface area contributed by atoms with Gasteiger partial charge in [0.25, 0.3) is 5.91 Å². The second kappa shape index (κ2) is 9.28. The number of aromatic nitrogens is 3. The second-order valence-electron chi connectivity index (χ2n) is 7.45. The summed E-state index contributed by atoms with van der Waals surface area (Å²) in [6.45, 7) is 2.35. The minimum absolute atomic E-state index is 0.117. The molecular formula is C24H23ClN4O3. The Morgan fingerprint density at radius 2 is 1.97 bits per heavy atom. The van der Waals surface area contributed by atoms with Crippen LogP contribution < -0.4 is 10.1 Å². The fraction of sp³-hybridized carbons (Fsp3) is 0.208. The van der Waals surface area contributed by atoms with E-state index >= 15 is 0 Å². The first-order valence-electron chi connectivity index (χ1n) is 10.2. The summed E-state index contributed by atoms with van der Waals surface area (Å²) in [7, 11) is 1.59. The highest BCUT2D eigenvalue weighted by Gasteiger charge is 2.22. The largest absolute Gasteiger partial charge is 0.497 e. The quantitative estimate of drug-likeness (QED) is 0.446. The minimum Gasteiger partial charge on any atom is -0.497 e. The van der Waals surface area contributed by atoms with Gasteiger partial charge in [0.15, 0.2) is 0 Å². The lowest BCUT2D eigenvalue weighted by atomic mass is 10.1. The molecule has 0 atom stereocenters. The fourth-order valence-corrected chi connectivity index (χ4v) is 3.90. The standard InChI is InChI=1S/C24H23ClN4O3/c1-15-20(12-23(30)27-10-9-18-13-26-14-28-18)21-11-19(32-2)7-8-22(21)29(15)24(31)16-3-5-17(25)6-4-16/h3-8,11,13-14H,9-10,12H2,1-2H3,(H,26,28)(H,27,30). The summed E-state index contributed by atoms with van der Waals surface area (Å²) in [5.41, 5.74) is 3.71. The number of hydrogen-bond donors (Lipinski definition) is 2. The van der Waals surface area contributed by atoms with Crippen LogP contribution in [-0.4, -0.2) is 40.0 Å². The number of methoxy groups -OCH3 is 1. The Labute approximate surface area is 190 Å². The Bertz CT molecular complexity index is 1260. The van der Waals surface area contributed by atoms with Gasteiger partial charge in [-0.2, -0.15) is 0 Å². The van der Waals surface area contributed by atoms with Gasteiger partial charge in [0.05, 0.1) is 25.4 Å². The number of amides is 1. The number of imidazole rings is 1. The van der Waals surface area contributed by atoms with Crippen molar-refractivity contribution >= 4 is 34.3 Å². The van der Waals surface area contributed by atoms with Crippen LogP contribution in [0.4, 0.5) is 0 Å². The number of carbonyl (C=O) groups is 2. The maximum atomic E-state index is 13.3. The number of halogens is 1. The number of benzene rings is 2. The molecule has 2 heterocycles. The van der Waals surface area contributed by atoms with E-state index in [2.05, 4.69) is 15.3 Å². The molecule has 1 amide bonds. The Morgan fingerprint density at radius 1 is 1.19 bits per heavy atom. The van der Waals surface area contributed by atoms with E-state index in [-0.39, 0.29) is 18.2 Å². The summed E-state index contributed by atoms with van der Waals surface area (Å²) in [6.07, 6.45) is 4.16. The zero-order valence-corrected chi connectivity index (χ0v) is 18.6. The van der Waals surface area contributed by atoms with E-state index in [0.717, 1.165) is 27.9 Å². The van der Waals surface area contributed by atoms with Gasteiger partial charge in [-0.15, -0.1) is 0 Å². The minimum atomic E-state index is -0.180. The van der Waals surface area contributed by atoms with Crippen LogP contribution in [0.3, 0.4) is 0 Å². The number of fused-ring (bicyclic) bond motifs is 1. The molecule has 2 aromatic carbocycles. The van der Waals surface area contributed by atoms with E-state index in [1.165, 1.54) is 0 Å². The number of rotatable bonds is 7. The van der Waals surface area contributed by atoms with Crippen LogP contribution in [0.1, 0.15) is 27.3 Å². The van der Waals surface area contributed by atoms with Crippen LogP contribution in [0.15, 0.2) is 55.0 Å². The first-order chi connectivity index (χ1) is 15.5. The van der Waals surface area contributed by atoms with Crippen LogP contribution in [0.2, 0.25) is 5.02 Å². The number of H-pyrrole nitrogens is 1. The van der Waals surface area contributed by atoms with Gasteiger partial charge in [-0.1, -0.05) is 11.6 Å². The highest BCUT2D eigenvalue weighted by atomic mass is 35.5. The van der Waals surface area contributed by atoms with Gasteiger partial charge in [0.1, 0.15) is 5.75 Å². The van der Waals surface area contributed by atoms with E-state index in [1.54, 1.807) is 48.5 Å². The highest BCUT2D eigenvalue weighted by molar-refractivity contribution is 6.30. The molecule has 8 heteroatoms. The molecule has 0 bridgehead atoms.